The van der Waals surface area contributed by atoms with Crippen LogP contribution in [0.4, 0.5) is 5.69 Å². The van der Waals surface area contributed by atoms with E-state index in [0.29, 0.717) is 46.8 Å². The highest BCUT2D eigenvalue weighted by Gasteiger charge is 2.33. The smallest absolute Gasteiger partial charge is 0.264 e. The number of amides is 3. The molecule has 1 aromatic heterocycles. The van der Waals surface area contributed by atoms with Gasteiger partial charge in [0.05, 0.1) is 29.1 Å². The topological polar surface area (TPSA) is 160 Å². The molecule has 1 fully saturated rings. The summed E-state index contributed by atoms with van der Waals surface area (Å²) in [6.45, 7) is 0.660. The zero-order chi connectivity index (χ0) is 33.4. The largest absolute Gasteiger partial charge is 0.481 e. The highest BCUT2D eigenvalue weighted by molar-refractivity contribution is 6.37. The van der Waals surface area contributed by atoms with Crippen LogP contribution in [0.15, 0.2) is 54.2 Å². The number of ether oxygens (including phenoxy) is 1. The number of halogens is 1. The number of pyridine rings is 1. The highest BCUT2D eigenvalue weighted by Crippen LogP contribution is 2.42. The molecule has 0 bridgehead atoms. The summed E-state index contributed by atoms with van der Waals surface area (Å²) in [5.41, 5.74) is 4.73. The average molecular weight is 656 g/mol. The molecule has 0 spiro atoms. The van der Waals surface area contributed by atoms with Crippen molar-refractivity contribution in [1.29, 1.82) is 5.26 Å². The van der Waals surface area contributed by atoms with E-state index in [1.54, 1.807) is 38.4 Å². The first kappa shape index (κ1) is 32.0. The number of nitriles is 1. The molecule has 1 aliphatic carbocycles. The molecule has 0 saturated carbocycles. The number of anilines is 1. The lowest BCUT2D eigenvalue weighted by Gasteiger charge is -2.35. The minimum absolute atomic E-state index is 0.0306. The molecule has 3 heterocycles. The number of fused-ring (bicyclic) bond motifs is 1. The van der Waals surface area contributed by atoms with Crippen molar-refractivity contribution < 1.29 is 24.2 Å². The number of carbonyl (C=O) groups excluding carboxylic acids is 3. The summed E-state index contributed by atoms with van der Waals surface area (Å²) >= 11 is 6.84. The van der Waals surface area contributed by atoms with E-state index in [-0.39, 0.29) is 34.3 Å². The maximum Gasteiger partial charge on any atom is 0.264 e. The van der Waals surface area contributed by atoms with Crippen LogP contribution in [0.2, 0.25) is 5.02 Å². The minimum atomic E-state index is -1.19. The molecule has 3 amide bonds. The van der Waals surface area contributed by atoms with Crippen molar-refractivity contribution in [2.75, 3.05) is 33.1 Å². The summed E-state index contributed by atoms with van der Waals surface area (Å²) in [4.78, 5) is 44.7. The number of aryl methyl sites for hydroxylation is 1. The summed E-state index contributed by atoms with van der Waals surface area (Å²) in [6.07, 6.45) is 3.11. The summed E-state index contributed by atoms with van der Waals surface area (Å²) in [5, 5.41) is 30.0. The molecule has 242 valence electrons. The quantitative estimate of drug-likeness (QED) is 0.267. The molecular formula is C34H34ClN7O5. The maximum atomic E-state index is 13.1. The summed E-state index contributed by atoms with van der Waals surface area (Å²) in [5.74, 6) is -0.766. The predicted molar refractivity (Wildman–Crippen MR) is 175 cm³/mol. The van der Waals surface area contributed by atoms with E-state index in [1.807, 2.05) is 18.2 Å². The van der Waals surface area contributed by atoms with E-state index in [2.05, 4.69) is 22.0 Å². The number of hydrogen-bond acceptors (Lipinski definition) is 9. The van der Waals surface area contributed by atoms with Crippen molar-refractivity contribution in [1.82, 2.24) is 25.4 Å². The van der Waals surface area contributed by atoms with Gasteiger partial charge in [0, 0.05) is 67.6 Å². The number of carbonyl (C=O) groups is 3. The first-order valence-electron chi connectivity index (χ1n) is 15.2. The van der Waals surface area contributed by atoms with E-state index < -0.39 is 18.2 Å². The third-order valence-electron chi connectivity index (χ3n) is 8.88. The lowest BCUT2D eigenvalue weighted by Crippen LogP contribution is -2.51. The van der Waals surface area contributed by atoms with E-state index >= 15 is 0 Å². The van der Waals surface area contributed by atoms with Gasteiger partial charge in [-0.15, -0.1) is 0 Å². The third-order valence-corrected chi connectivity index (χ3v) is 9.28. The molecule has 1 saturated heterocycles. The second-order valence-electron chi connectivity index (χ2n) is 11.8. The molecule has 3 unspecified atom stereocenters. The molecular weight excluding hydrogens is 622 g/mol. The number of rotatable bonds is 8. The van der Waals surface area contributed by atoms with Crippen LogP contribution in [0, 0.1) is 11.3 Å². The summed E-state index contributed by atoms with van der Waals surface area (Å²) in [7, 11) is 4.52. The van der Waals surface area contributed by atoms with Crippen molar-refractivity contribution in [3.63, 3.8) is 0 Å². The Bertz CT molecular complexity index is 1850. The fourth-order valence-electron chi connectivity index (χ4n) is 6.40. The number of aliphatic hydroxyl groups excluding tert-OH is 1. The number of likely N-dealkylation sites (N-methyl/N-ethyl adjacent to an activating group) is 1. The van der Waals surface area contributed by atoms with Crippen molar-refractivity contribution in [3.8, 4) is 34.3 Å². The average Bonchev–Trinajstić information content (AvgIpc) is 3.69. The molecule has 47 heavy (non-hydrogen) atoms. The second-order valence-corrected chi connectivity index (χ2v) is 12.2. The lowest BCUT2D eigenvalue weighted by atomic mass is 9.93. The van der Waals surface area contributed by atoms with Crippen LogP contribution in [0.25, 0.3) is 22.4 Å². The highest BCUT2D eigenvalue weighted by atomic mass is 35.5. The number of aromatic nitrogens is 1. The Balaban J connectivity index is 1.30. The van der Waals surface area contributed by atoms with Gasteiger partial charge in [-0.05, 0) is 37.0 Å². The Morgan fingerprint density at radius 2 is 1.89 bits per heavy atom. The van der Waals surface area contributed by atoms with Crippen molar-refractivity contribution in [2.45, 2.75) is 44.1 Å². The summed E-state index contributed by atoms with van der Waals surface area (Å²) < 4.78 is 5.76. The first-order valence-corrected chi connectivity index (χ1v) is 15.6. The van der Waals surface area contributed by atoms with Gasteiger partial charge in [0.1, 0.15) is 11.6 Å². The number of benzene rings is 2. The van der Waals surface area contributed by atoms with Gasteiger partial charge in [-0.25, -0.2) is 4.98 Å². The molecule has 0 radical (unpaired) electrons. The number of aliphatic hydroxyl groups is 1. The van der Waals surface area contributed by atoms with Crippen LogP contribution in [0.3, 0.4) is 0 Å². The molecule has 4 N–H and O–H groups in total. The van der Waals surface area contributed by atoms with Crippen LogP contribution in [0.5, 0.6) is 5.88 Å². The van der Waals surface area contributed by atoms with Gasteiger partial charge in [-0.3, -0.25) is 19.3 Å². The van der Waals surface area contributed by atoms with Crippen molar-refractivity contribution >= 4 is 35.0 Å². The maximum absolute atomic E-state index is 13.1. The van der Waals surface area contributed by atoms with E-state index in [9.17, 15) is 24.8 Å². The van der Waals surface area contributed by atoms with Crippen LogP contribution < -0.4 is 20.7 Å². The molecule has 3 aliphatic rings. The van der Waals surface area contributed by atoms with Crippen LogP contribution in [0.1, 0.15) is 42.0 Å². The Hall–Kier alpha value is -4.96. The van der Waals surface area contributed by atoms with Crippen molar-refractivity contribution in [3.05, 3.63) is 76.0 Å². The molecule has 3 aromatic rings. The molecule has 2 aliphatic heterocycles. The van der Waals surface area contributed by atoms with Crippen LogP contribution in [-0.2, 0) is 20.8 Å². The van der Waals surface area contributed by atoms with Gasteiger partial charge in [-0.1, -0.05) is 41.9 Å². The fraction of sp³-hybridized carbons (Fsp3) is 0.324. The van der Waals surface area contributed by atoms with E-state index in [0.717, 1.165) is 35.3 Å². The molecule has 12 nitrogen and oxygen atoms in total. The first-order chi connectivity index (χ1) is 22.6. The van der Waals surface area contributed by atoms with Gasteiger partial charge in [0.2, 0.25) is 18.1 Å². The number of nitrogens with one attached hydrogen (secondary N) is 3. The molecule has 2 aromatic carbocycles. The number of hydrogen-bond donors (Lipinski definition) is 4. The van der Waals surface area contributed by atoms with Crippen LogP contribution >= 0.6 is 11.6 Å². The minimum Gasteiger partial charge on any atom is -0.481 e. The molecule has 6 rings (SSSR count). The second kappa shape index (κ2) is 13.0. The zero-order valence-corrected chi connectivity index (χ0v) is 26.9. The van der Waals surface area contributed by atoms with Crippen LogP contribution in [-0.4, -0.2) is 77.8 Å². The summed E-state index contributed by atoms with van der Waals surface area (Å²) in [6, 6.07) is 14.9. The van der Waals surface area contributed by atoms with E-state index in [4.69, 9.17) is 21.3 Å². The van der Waals surface area contributed by atoms with Gasteiger partial charge < -0.3 is 30.7 Å². The SMILES string of the molecule is COc1nc(-c2cccc(-c3cccc(NC(=O)C4=CN(C)C(O)N(C)C4=O)c3Cl)c2C#N)cc2c1C(NCC1CCC(=O)N1)CC2. The fourth-order valence-corrected chi connectivity index (χ4v) is 6.68. The molecule has 3 atom stereocenters. The van der Waals surface area contributed by atoms with Gasteiger partial charge in [0.25, 0.3) is 11.8 Å². The Labute approximate surface area is 277 Å². The van der Waals surface area contributed by atoms with Gasteiger partial charge in [-0.2, -0.15) is 5.26 Å². The zero-order valence-electron chi connectivity index (χ0n) is 26.1. The number of nitrogens with zero attached hydrogens (tertiary/aromatic N) is 4. The number of methoxy groups -OCH3 is 1. The van der Waals surface area contributed by atoms with Gasteiger partial charge >= 0.3 is 0 Å². The Morgan fingerprint density at radius 3 is 2.62 bits per heavy atom. The van der Waals surface area contributed by atoms with Crippen molar-refractivity contribution in [2.24, 2.45) is 0 Å². The third kappa shape index (κ3) is 6.01. The monoisotopic (exact) mass is 655 g/mol. The standard InChI is InChI=1S/C34H34ClN7O5/c1-41-17-24(33(45)42(2)34(41)46)31(44)39-26-9-5-8-22(30(26)35)20-6-4-7-21(23(20)15-36)27-14-18-10-12-25(29(18)32(40-27)47-3)37-16-19-11-13-28(43)38-19/h4-9,14,17,19,25,34,37,46H,10-13,16H2,1-3H3,(H,38,43)(H,39,44). The lowest BCUT2D eigenvalue weighted by molar-refractivity contribution is -0.149. The predicted octanol–water partition coefficient (Wildman–Crippen LogP) is 3.31. The molecule has 13 heteroatoms. The van der Waals surface area contributed by atoms with E-state index in [1.165, 1.54) is 18.1 Å². The Morgan fingerprint density at radius 1 is 1.15 bits per heavy atom. The van der Waals surface area contributed by atoms with Gasteiger partial charge in [0.15, 0.2) is 0 Å². The normalized spacial score (nSPS) is 20.4. The Kier molecular flexibility index (Phi) is 8.88.